The summed E-state index contributed by atoms with van der Waals surface area (Å²) in [4.78, 5) is 16.7. The van der Waals surface area contributed by atoms with Crippen molar-refractivity contribution in [1.29, 1.82) is 0 Å². The minimum Gasteiger partial charge on any atom is -0.454 e. The van der Waals surface area contributed by atoms with Crippen LogP contribution in [0.15, 0.2) is 53.0 Å². The van der Waals surface area contributed by atoms with Crippen molar-refractivity contribution in [3.8, 4) is 11.5 Å². The predicted molar refractivity (Wildman–Crippen MR) is 108 cm³/mol. The Balaban J connectivity index is 1.28. The summed E-state index contributed by atoms with van der Waals surface area (Å²) in [6.07, 6.45) is 3.53. The lowest BCUT2D eigenvalue weighted by Crippen LogP contribution is -2.47. The molecule has 5 nitrogen and oxygen atoms in total. The molecule has 6 heteroatoms. The molecule has 2 aliphatic heterocycles. The average molecular weight is 429 g/mol. The normalized spacial score (nSPS) is 16.9. The van der Waals surface area contributed by atoms with Crippen molar-refractivity contribution in [2.75, 3.05) is 33.0 Å². The van der Waals surface area contributed by atoms with Gasteiger partial charge in [0.25, 0.3) is 0 Å². The first-order valence-electron chi connectivity index (χ1n) is 9.01. The predicted octanol–water partition coefficient (Wildman–Crippen LogP) is 3.54. The van der Waals surface area contributed by atoms with Gasteiger partial charge in [0.1, 0.15) is 0 Å². The molecular weight excluding hydrogens is 408 g/mol. The summed E-state index contributed by atoms with van der Waals surface area (Å²) < 4.78 is 11.8. The first kappa shape index (κ1) is 18.1. The van der Waals surface area contributed by atoms with Crippen molar-refractivity contribution in [1.82, 2.24) is 9.80 Å². The van der Waals surface area contributed by atoms with Crippen LogP contribution in [0.25, 0.3) is 6.08 Å². The molecule has 27 heavy (non-hydrogen) atoms. The van der Waals surface area contributed by atoms with Crippen molar-refractivity contribution >= 4 is 27.9 Å². The number of hydrogen-bond acceptors (Lipinski definition) is 4. The Hall–Kier alpha value is -2.31. The van der Waals surface area contributed by atoms with Crippen LogP contribution in [0, 0.1) is 0 Å². The third-order valence-corrected chi connectivity index (χ3v) is 5.34. The Bertz CT molecular complexity index is 843. The summed E-state index contributed by atoms with van der Waals surface area (Å²) in [5.74, 6) is 1.70. The molecule has 4 rings (SSSR count). The number of carbonyl (C=O) groups is 1. The highest BCUT2D eigenvalue weighted by Gasteiger charge is 2.20. The smallest absolute Gasteiger partial charge is 0.246 e. The van der Waals surface area contributed by atoms with Gasteiger partial charge in [-0.1, -0.05) is 34.1 Å². The molecule has 0 spiro atoms. The third kappa shape index (κ3) is 4.51. The maximum atomic E-state index is 12.4. The van der Waals surface area contributed by atoms with E-state index >= 15 is 0 Å². The fourth-order valence-corrected chi connectivity index (χ4v) is 3.54. The van der Waals surface area contributed by atoms with Crippen molar-refractivity contribution in [2.24, 2.45) is 0 Å². The zero-order valence-corrected chi connectivity index (χ0v) is 16.5. The molecular formula is C21H21BrN2O3. The van der Waals surface area contributed by atoms with E-state index in [1.807, 2.05) is 47.4 Å². The number of hydrogen-bond donors (Lipinski definition) is 0. The van der Waals surface area contributed by atoms with E-state index < -0.39 is 0 Å². The summed E-state index contributed by atoms with van der Waals surface area (Å²) >= 11 is 3.41. The van der Waals surface area contributed by atoms with Gasteiger partial charge in [-0.15, -0.1) is 0 Å². The molecule has 0 saturated carbocycles. The number of fused-ring (bicyclic) bond motifs is 1. The van der Waals surface area contributed by atoms with Gasteiger partial charge >= 0.3 is 0 Å². The fraction of sp³-hybridized carbons (Fsp3) is 0.286. The maximum Gasteiger partial charge on any atom is 0.246 e. The van der Waals surface area contributed by atoms with Crippen LogP contribution in [0.5, 0.6) is 11.5 Å². The second kappa shape index (κ2) is 8.15. The molecule has 1 fully saturated rings. The largest absolute Gasteiger partial charge is 0.454 e. The second-order valence-corrected chi connectivity index (χ2v) is 7.59. The van der Waals surface area contributed by atoms with Crippen molar-refractivity contribution < 1.29 is 14.3 Å². The monoisotopic (exact) mass is 428 g/mol. The first-order chi connectivity index (χ1) is 13.2. The summed E-state index contributed by atoms with van der Waals surface area (Å²) in [6.45, 7) is 4.38. The van der Waals surface area contributed by atoms with E-state index in [-0.39, 0.29) is 5.91 Å². The van der Waals surface area contributed by atoms with Crippen LogP contribution in [0.2, 0.25) is 0 Å². The third-order valence-electron chi connectivity index (χ3n) is 4.82. The van der Waals surface area contributed by atoms with E-state index in [2.05, 4.69) is 26.9 Å². The standard InChI is InChI=1S/C21H21BrN2O3/c22-18-5-1-16(2-6-18)4-8-21(25)24-11-9-23(10-12-24)14-17-3-7-19-20(13-17)27-15-26-19/h1-8,13H,9-12,14-15H2/b8-4+. The molecule has 0 radical (unpaired) electrons. The Morgan fingerprint density at radius 2 is 1.74 bits per heavy atom. The lowest BCUT2D eigenvalue weighted by Gasteiger charge is -2.34. The van der Waals surface area contributed by atoms with Gasteiger partial charge in [0, 0.05) is 43.3 Å². The molecule has 0 N–H and O–H groups in total. The number of amides is 1. The Morgan fingerprint density at radius 1 is 1.00 bits per heavy atom. The van der Waals surface area contributed by atoms with Crippen molar-refractivity contribution in [2.45, 2.75) is 6.54 Å². The van der Waals surface area contributed by atoms with Crippen LogP contribution in [0.4, 0.5) is 0 Å². The van der Waals surface area contributed by atoms with Crippen LogP contribution in [-0.2, 0) is 11.3 Å². The molecule has 0 aromatic heterocycles. The van der Waals surface area contributed by atoms with E-state index in [1.165, 1.54) is 5.56 Å². The fourth-order valence-electron chi connectivity index (χ4n) is 3.27. The molecule has 1 saturated heterocycles. The molecule has 2 heterocycles. The number of ether oxygens (including phenoxy) is 2. The van der Waals surface area contributed by atoms with Crippen LogP contribution >= 0.6 is 15.9 Å². The maximum absolute atomic E-state index is 12.4. The zero-order valence-electron chi connectivity index (χ0n) is 14.9. The lowest BCUT2D eigenvalue weighted by molar-refractivity contribution is -0.127. The van der Waals surface area contributed by atoms with Gasteiger partial charge in [0.2, 0.25) is 12.7 Å². The van der Waals surface area contributed by atoms with Crippen LogP contribution in [0.1, 0.15) is 11.1 Å². The zero-order chi connectivity index (χ0) is 18.6. The van der Waals surface area contributed by atoms with Gasteiger partial charge in [-0.25, -0.2) is 0 Å². The van der Waals surface area contributed by atoms with E-state index in [9.17, 15) is 4.79 Å². The van der Waals surface area contributed by atoms with E-state index in [0.717, 1.165) is 54.3 Å². The van der Waals surface area contributed by atoms with Gasteiger partial charge in [-0.2, -0.15) is 0 Å². The quantitative estimate of drug-likeness (QED) is 0.698. The van der Waals surface area contributed by atoms with E-state index in [1.54, 1.807) is 6.08 Å². The summed E-state index contributed by atoms with van der Waals surface area (Å²) in [7, 11) is 0. The lowest BCUT2D eigenvalue weighted by atomic mass is 10.1. The number of nitrogens with zero attached hydrogens (tertiary/aromatic N) is 2. The highest BCUT2D eigenvalue weighted by atomic mass is 79.9. The Morgan fingerprint density at radius 3 is 2.52 bits per heavy atom. The Kier molecular flexibility index (Phi) is 5.45. The van der Waals surface area contributed by atoms with Gasteiger partial charge in [-0.3, -0.25) is 9.69 Å². The Labute approximate surface area is 167 Å². The van der Waals surface area contributed by atoms with Gasteiger partial charge in [0.15, 0.2) is 11.5 Å². The number of piperazine rings is 1. The van der Waals surface area contributed by atoms with Crippen molar-refractivity contribution in [3.05, 3.63) is 64.1 Å². The summed E-state index contributed by atoms with van der Waals surface area (Å²) in [6, 6.07) is 14.0. The topological polar surface area (TPSA) is 42.0 Å². The molecule has 2 aromatic rings. The number of halogens is 1. The average Bonchev–Trinajstić information content (AvgIpc) is 3.16. The highest BCUT2D eigenvalue weighted by molar-refractivity contribution is 9.10. The molecule has 0 aliphatic carbocycles. The molecule has 0 unspecified atom stereocenters. The molecule has 0 bridgehead atoms. The van der Waals surface area contributed by atoms with Gasteiger partial charge < -0.3 is 14.4 Å². The van der Waals surface area contributed by atoms with Crippen LogP contribution < -0.4 is 9.47 Å². The molecule has 2 aliphatic rings. The van der Waals surface area contributed by atoms with Gasteiger partial charge in [-0.05, 0) is 41.5 Å². The van der Waals surface area contributed by atoms with Gasteiger partial charge in [0.05, 0.1) is 0 Å². The second-order valence-electron chi connectivity index (χ2n) is 6.67. The van der Waals surface area contributed by atoms with Crippen LogP contribution in [-0.4, -0.2) is 48.7 Å². The summed E-state index contributed by atoms with van der Waals surface area (Å²) in [5.41, 5.74) is 2.22. The minimum absolute atomic E-state index is 0.0700. The van der Waals surface area contributed by atoms with E-state index in [4.69, 9.17) is 9.47 Å². The first-order valence-corrected chi connectivity index (χ1v) is 9.80. The molecule has 140 valence electrons. The minimum atomic E-state index is 0.0700. The number of carbonyl (C=O) groups excluding carboxylic acids is 1. The number of rotatable bonds is 4. The highest BCUT2D eigenvalue weighted by Crippen LogP contribution is 2.32. The van der Waals surface area contributed by atoms with E-state index in [0.29, 0.717) is 6.79 Å². The van der Waals surface area contributed by atoms with Crippen molar-refractivity contribution in [3.63, 3.8) is 0 Å². The summed E-state index contributed by atoms with van der Waals surface area (Å²) in [5, 5.41) is 0. The number of benzene rings is 2. The SMILES string of the molecule is O=C(/C=C/c1ccc(Br)cc1)N1CCN(Cc2ccc3c(c2)OCO3)CC1. The van der Waals surface area contributed by atoms with Crippen LogP contribution in [0.3, 0.4) is 0 Å². The molecule has 0 atom stereocenters. The molecule has 2 aromatic carbocycles. The molecule has 1 amide bonds.